The van der Waals surface area contributed by atoms with E-state index in [1.807, 2.05) is 12.3 Å². The molecule has 10 rings (SSSR count). The van der Waals surface area contributed by atoms with Gasteiger partial charge in [-0.15, -0.1) is 22.7 Å². The van der Waals surface area contributed by atoms with Crippen LogP contribution < -0.4 is 25.0 Å². The van der Waals surface area contributed by atoms with Crippen molar-refractivity contribution < 1.29 is 27.8 Å². The van der Waals surface area contributed by atoms with Gasteiger partial charge < -0.3 is 25.0 Å². The lowest BCUT2D eigenvalue weighted by molar-refractivity contribution is -0.135. The Morgan fingerprint density at radius 1 is 0.652 bits per heavy atom. The van der Waals surface area contributed by atoms with Gasteiger partial charge in [0.25, 0.3) is 11.8 Å². The summed E-state index contributed by atoms with van der Waals surface area (Å²) in [6.45, 7) is 3.24. The molecule has 4 aromatic carbocycles. The minimum Gasteiger partial charge on any atom is -0.480 e. The molecule has 0 aliphatic carbocycles. The second-order valence-electron chi connectivity index (χ2n) is 16.3. The van der Waals surface area contributed by atoms with Crippen molar-refractivity contribution in [3.63, 3.8) is 0 Å². The second-order valence-corrected chi connectivity index (χ2v) is 18.0. The lowest BCUT2D eigenvalue weighted by Gasteiger charge is -2.23. The van der Waals surface area contributed by atoms with E-state index in [2.05, 4.69) is 45.6 Å². The first kappa shape index (κ1) is 44.6. The fraction of sp³-hybridized carbons (Fsp3) is 0.191. The Kier molecular flexibility index (Phi) is 11.5. The zero-order valence-electron chi connectivity index (χ0n) is 37.9. The summed E-state index contributed by atoms with van der Waals surface area (Å²) >= 11 is 2.36. The van der Waals surface area contributed by atoms with E-state index in [1.165, 1.54) is 45.1 Å². The van der Waals surface area contributed by atoms with E-state index in [0.29, 0.717) is 58.9 Å². The van der Waals surface area contributed by atoms with Crippen LogP contribution in [-0.2, 0) is 23.7 Å². The third-order valence-corrected chi connectivity index (χ3v) is 13.0. The van der Waals surface area contributed by atoms with Gasteiger partial charge in [-0.2, -0.15) is 10.2 Å². The van der Waals surface area contributed by atoms with Gasteiger partial charge in [-0.05, 0) is 73.5 Å². The number of hydrogen-bond acceptors (Lipinski definition) is 16. The molecule has 0 fully saturated rings. The Labute approximate surface area is 399 Å². The number of amides is 2. The number of anilines is 5. The fourth-order valence-corrected chi connectivity index (χ4v) is 9.42. The molecule has 2 atom stereocenters. The zero-order valence-corrected chi connectivity index (χ0v) is 39.5. The lowest BCUT2D eigenvalue weighted by Crippen LogP contribution is -2.38. The third-order valence-electron chi connectivity index (χ3n) is 11.3. The normalized spacial score (nSPS) is 12.4. The van der Waals surface area contributed by atoms with E-state index in [1.54, 1.807) is 124 Å². The van der Waals surface area contributed by atoms with Crippen LogP contribution >= 0.6 is 22.7 Å². The minimum atomic E-state index is -1.13. The summed E-state index contributed by atoms with van der Waals surface area (Å²) in [5.41, 5.74) is 7.91. The van der Waals surface area contributed by atoms with Crippen LogP contribution in [0, 0.1) is 11.6 Å². The number of nitrogens with one attached hydrogen (secondary N) is 2. The quantitative estimate of drug-likeness (QED) is 0.111. The Bertz CT molecular complexity index is 3650. The summed E-state index contributed by atoms with van der Waals surface area (Å²) in [6.07, 6.45) is 5.90. The molecule has 0 radical (unpaired) electrons. The number of thiazole rings is 2. The van der Waals surface area contributed by atoms with Crippen molar-refractivity contribution in [3.8, 4) is 33.8 Å². The molecular formula is C47H40F2N14O4S2. The van der Waals surface area contributed by atoms with Gasteiger partial charge in [0, 0.05) is 58.8 Å². The van der Waals surface area contributed by atoms with Gasteiger partial charge in [-0.3, -0.25) is 23.9 Å². The molecule has 2 N–H and O–H groups in total. The number of ether oxygens (including phenoxy) is 2. The van der Waals surface area contributed by atoms with Crippen LogP contribution in [0.1, 0.15) is 13.8 Å². The van der Waals surface area contributed by atoms with Crippen LogP contribution in [0.5, 0.6) is 11.5 Å². The molecule has 10 aromatic rings. The molecule has 0 saturated carbocycles. The van der Waals surface area contributed by atoms with Gasteiger partial charge in [-0.1, -0.05) is 0 Å². The van der Waals surface area contributed by atoms with E-state index in [0.717, 1.165) is 5.56 Å². The van der Waals surface area contributed by atoms with Crippen molar-refractivity contribution in [2.75, 3.05) is 36.7 Å². The Hall–Kier alpha value is -8.24. The maximum Gasteiger partial charge on any atom is 0.268 e. The molecule has 0 aliphatic heterocycles. The summed E-state index contributed by atoms with van der Waals surface area (Å²) in [6, 6.07) is 13.7. The maximum atomic E-state index is 15.8. The number of nitrogens with zero attached hydrogens (tertiary/aromatic N) is 12. The fourth-order valence-electron chi connectivity index (χ4n) is 7.97. The standard InChI is InChI=1S/C47H40F2N14O4S2/c1-23(46(64)60(3)4)66-36-15-26(13-34-38(36)44(53-20-51-34)58-30-9-11-32-42(40(30)49)69-22-55-32)28-18-62(6)59-45(28)63(7)47(65)24(2)67-35-14-25(27-16-56-61(5)17-27)12-33-37(35)43(52-19-50-33)57-29-8-10-31-41(39(29)48)68-21-54-31/h8-24H,1-7H3,(H,50,52,57)(H,51,53,58)/t23-,24+/m1/s1. The summed E-state index contributed by atoms with van der Waals surface area (Å²) in [7, 11) is 8.36. The molecule has 348 valence electrons. The zero-order chi connectivity index (χ0) is 48.2. The molecular weight excluding hydrogens is 927 g/mol. The molecule has 0 bridgehead atoms. The molecule has 0 saturated heterocycles. The van der Waals surface area contributed by atoms with E-state index in [-0.39, 0.29) is 46.2 Å². The third kappa shape index (κ3) is 8.32. The predicted molar refractivity (Wildman–Crippen MR) is 261 cm³/mol. The molecule has 69 heavy (non-hydrogen) atoms. The predicted octanol–water partition coefficient (Wildman–Crippen LogP) is 8.64. The van der Waals surface area contributed by atoms with Gasteiger partial charge in [0.05, 0.1) is 70.8 Å². The van der Waals surface area contributed by atoms with Gasteiger partial charge in [0.2, 0.25) is 0 Å². The SMILES string of the molecule is C[C@H](Oc1cc(-c2cnn(C)c2)cc2ncnc(Nc3ccc4ncsc4c3F)c12)C(=O)N(C)c1nn(C)cc1-c1cc(O[C@H](C)C(=O)N(C)C)c2c(Nc3ccc4ncsc4c3F)ncnc2c1. The van der Waals surface area contributed by atoms with Crippen molar-refractivity contribution >= 4 is 106 Å². The largest absolute Gasteiger partial charge is 0.480 e. The number of fused-ring (bicyclic) bond motifs is 4. The van der Waals surface area contributed by atoms with Crippen LogP contribution in [0.2, 0.25) is 0 Å². The van der Waals surface area contributed by atoms with Crippen molar-refractivity contribution in [3.05, 3.63) is 102 Å². The number of halogens is 2. The molecule has 2 amide bonds. The Morgan fingerprint density at radius 3 is 1.72 bits per heavy atom. The average molecular weight is 967 g/mol. The van der Waals surface area contributed by atoms with Crippen LogP contribution in [-0.4, -0.2) is 99.5 Å². The molecule has 6 heterocycles. The number of aromatic nitrogens is 10. The number of likely N-dealkylation sites (N-methyl/N-ethyl adjacent to an activating group) is 2. The number of rotatable bonds is 13. The van der Waals surface area contributed by atoms with Crippen molar-refractivity contribution in [2.24, 2.45) is 14.1 Å². The van der Waals surface area contributed by atoms with Crippen molar-refractivity contribution in [1.29, 1.82) is 0 Å². The molecule has 18 nitrogen and oxygen atoms in total. The molecule has 22 heteroatoms. The Morgan fingerprint density at radius 2 is 1.19 bits per heavy atom. The van der Waals surface area contributed by atoms with Gasteiger partial charge in [0.15, 0.2) is 29.7 Å². The first-order valence-corrected chi connectivity index (χ1v) is 23.0. The summed E-state index contributed by atoms with van der Waals surface area (Å²) in [5, 5.41) is 16.1. The van der Waals surface area contributed by atoms with Gasteiger partial charge in [0.1, 0.15) is 35.8 Å². The number of carbonyl (C=O) groups excluding carboxylic acids is 2. The van der Waals surface area contributed by atoms with Crippen LogP contribution in [0.4, 0.5) is 37.6 Å². The van der Waals surface area contributed by atoms with E-state index in [9.17, 15) is 9.59 Å². The van der Waals surface area contributed by atoms with Crippen LogP contribution in [0.25, 0.3) is 64.5 Å². The Balaban J connectivity index is 1.01. The van der Waals surface area contributed by atoms with E-state index >= 15 is 8.78 Å². The van der Waals surface area contributed by atoms with Crippen molar-refractivity contribution in [2.45, 2.75) is 26.1 Å². The monoisotopic (exact) mass is 966 g/mol. The average Bonchev–Trinajstić information content (AvgIpc) is 4.18. The van der Waals surface area contributed by atoms with Crippen LogP contribution in [0.15, 0.2) is 90.8 Å². The van der Waals surface area contributed by atoms with Gasteiger partial charge >= 0.3 is 0 Å². The van der Waals surface area contributed by atoms with Gasteiger partial charge in [-0.25, -0.2) is 38.7 Å². The first-order valence-electron chi connectivity index (χ1n) is 21.2. The number of hydrogen-bond donors (Lipinski definition) is 2. The summed E-state index contributed by atoms with van der Waals surface area (Å²) < 4.78 is 48.5. The van der Waals surface area contributed by atoms with E-state index < -0.39 is 29.7 Å². The van der Waals surface area contributed by atoms with E-state index in [4.69, 9.17) is 14.6 Å². The number of aryl methyl sites for hydroxylation is 2. The van der Waals surface area contributed by atoms with Crippen molar-refractivity contribution in [1.82, 2.24) is 54.4 Å². The topological polar surface area (TPSA) is 196 Å². The smallest absolute Gasteiger partial charge is 0.268 e. The minimum absolute atomic E-state index is 0.157. The molecule has 0 spiro atoms. The molecule has 6 aromatic heterocycles. The lowest BCUT2D eigenvalue weighted by atomic mass is 10.0. The molecule has 0 aliphatic rings. The summed E-state index contributed by atoms with van der Waals surface area (Å²) in [4.78, 5) is 57.2. The summed E-state index contributed by atoms with van der Waals surface area (Å²) in [5.74, 6) is -0.554. The number of carbonyl (C=O) groups is 2. The van der Waals surface area contributed by atoms with Crippen LogP contribution in [0.3, 0.4) is 0 Å². The first-order chi connectivity index (χ1) is 33.2. The highest BCUT2D eigenvalue weighted by atomic mass is 32.1. The number of benzene rings is 4. The highest BCUT2D eigenvalue weighted by Gasteiger charge is 2.29. The maximum absolute atomic E-state index is 15.8. The molecule has 0 unspecified atom stereocenters. The highest BCUT2D eigenvalue weighted by molar-refractivity contribution is 7.17. The highest BCUT2D eigenvalue weighted by Crippen LogP contribution is 2.42. The second kappa shape index (κ2) is 17.8.